The Morgan fingerprint density at radius 2 is 1.68 bits per heavy atom. The number of piperidine rings is 1. The molecule has 0 saturated carbocycles. The first-order chi connectivity index (χ1) is 27.9. The maximum absolute atomic E-state index is 15.0. The van der Waals surface area contributed by atoms with Gasteiger partial charge in [0.15, 0.2) is 17.1 Å². The van der Waals surface area contributed by atoms with Crippen LogP contribution in [0, 0.1) is 18.6 Å². The Kier molecular flexibility index (Phi) is 9.71. The van der Waals surface area contributed by atoms with Gasteiger partial charge in [0.25, 0.3) is 0 Å². The molecule has 0 spiro atoms. The Morgan fingerprint density at radius 3 is 2.34 bits per heavy atom. The Morgan fingerprint density at radius 1 is 1.00 bits per heavy atom. The number of fused-ring (bicyclic) bond motifs is 1. The summed E-state index contributed by atoms with van der Waals surface area (Å²) in [5, 5.41) is -1.07. The van der Waals surface area contributed by atoms with Gasteiger partial charge in [-0.25, -0.2) is 8.78 Å². The third-order valence-corrected chi connectivity index (χ3v) is 10.1. The van der Waals surface area contributed by atoms with Gasteiger partial charge < -0.3 is 19.1 Å². The number of thioether (sulfide) groups is 1. The molecule has 1 aliphatic rings. The number of benzene rings is 4. The van der Waals surface area contributed by atoms with Gasteiger partial charge in [-0.15, -0.1) is 11.8 Å². The molecule has 0 atom stereocenters. The highest BCUT2D eigenvalue weighted by Gasteiger charge is 2.31. The second-order valence-electron chi connectivity index (χ2n) is 12.7. The number of likely N-dealkylation sites (tertiary alicyclic amines) is 1. The van der Waals surface area contributed by atoms with Gasteiger partial charge in [-0.3, -0.25) is 9.59 Å². The predicted molar refractivity (Wildman–Crippen MR) is 198 cm³/mol. The van der Waals surface area contributed by atoms with Crippen LogP contribution in [0.15, 0.2) is 101 Å². The van der Waals surface area contributed by atoms with E-state index in [4.69, 9.17) is 10.2 Å². The van der Waals surface area contributed by atoms with Crippen LogP contribution in [-0.2, 0) is 34.5 Å². The van der Waals surface area contributed by atoms with Crippen LogP contribution in [0.3, 0.4) is 0 Å². The minimum Gasteiger partial charge on any atom is -0.383 e. The van der Waals surface area contributed by atoms with E-state index in [1.54, 1.807) is 31.4 Å². The van der Waals surface area contributed by atoms with Crippen molar-refractivity contribution in [2.45, 2.75) is 55.8 Å². The molecule has 0 aliphatic carbocycles. The molecule has 1 fully saturated rings. The van der Waals surface area contributed by atoms with E-state index in [1.807, 2.05) is 0 Å². The van der Waals surface area contributed by atoms with Gasteiger partial charge in [-0.2, -0.15) is 13.2 Å². The number of alkyl halides is 3. The van der Waals surface area contributed by atoms with Crippen molar-refractivity contribution in [3.8, 4) is 11.1 Å². The van der Waals surface area contributed by atoms with Crippen molar-refractivity contribution in [3.63, 3.8) is 0 Å². The summed E-state index contributed by atoms with van der Waals surface area (Å²) in [5.74, 6) is -3.87. The Hall–Kier alpha value is -4.52. The average molecular weight is 756 g/mol. The third kappa shape index (κ3) is 9.17. The molecule has 0 radical (unpaired) electrons. The standard InChI is InChI=1S/C41H40F5N3O3S/c1-27-6-15-34-36(22-27)49(39(23-37(34)50)53-26-31-4-3-5-35(42)40(31)43)25-38(51)48(33-16-18-47(19-17-33)20-21-52-2)24-28-7-9-29(10-8-28)30-11-13-32(14-12-30)41(44,45)46/h3-15,22-23,33H,16-21,24-26H2,1-2H3/i6D,15D,22D,23D,25D2. The summed E-state index contributed by atoms with van der Waals surface area (Å²) in [5.41, 5.74) is -0.982. The number of nitrogens with zero attached hydrogens (tertiary/aromatic N) is 3. The average Bonchev–Trinajstić information content (AvgIpc) is 3.22. The number of amides is 1. The number of carbonyl (C=O) groups is 1. The highest BCUT2D eigenvalue weighted by molar-refractivity contribution is 7.98. The number of hydrogen-bond donors (Lipinski definition) is 0. The first-order valence-electron chi connectivity index (χ1n) is 19.9. The number of aromatic nitrogens is 1. The van der Waals surface area contributed by atoms with Crippen LogP contribution in [0.4, 0.5) is 22.0 Å². The molecule has 1 aliphatic heterocycles. The van der Waals surface area contributed by atoms with E-state index in [0.717, 1.165) is 22.8 Å². The van der Waals surface area contributed by atoms with Gasteiger partial charge in [-0.1, -0.05) is 54.6 Å². The van der Waals surface area contributed by atoms with Crippen molar-refractivity contribution in [3.05, 3.63) is 135 Å². The summed E-state index contributed by atoms with van der Waals surface area (Å²) in [6.45, 7) is 0.219. The van der Waals surface area contributed by atoms with Crippen LogP contribution in [0.5, 0.6) is 0 Å². The van der Waals surface area contributed by atoms with E-state index in [0.29, 0.717) is 67.5 Å². The van der Waals surface area contributed by atoms with E-state index in [2.05, 4.69) is 4.90 Å². The molecule has 0 bridgehead atoms. The molecule has 6 nitrogen and oxygen atoms in total. The monoisotopic (exact) mass is 755 g/mol. The molecule has 1 amide bonds. The molecule has 1 aromatic heterocycles. The number of pyridine rings is 1. The third-order valence-electron chi connectivity index (χ3n) is 9.12. The summed E-state index contributed by atoms with van der Waals surface area (Å²) in [6.07, 6.45) is -3.65. The molecule has 1 saturated heterocycles. The lowest BCUT2D eigenvalue weighted by atomic mass is 10.00. The molecule has 4 aromatic carbocycles. The summed E-state index contributed by atoms with van der Waals surface area (Å²) in [6, 6.07) is 11.7. The summed E-state index contributed by atoms with van der Waals surface area (Å²) in [4.78, 5) is 32.3. The Labute approximate surface area is 317 Å². The van der Waals surface area contributed by atoms with Gasteiger partial charge in [-0.05, 0) is 72.3 Å². The van der Waals surface area contributed by atoms with Crippen molar-refractivity contribution in [1.82, 2.24) is 14.4 Å². The van der Waals surface area contributed by atoms with Crippen molar-refractivity contribution in [2.24, 2.45) is 0 Å². The lowest BCUT2D eigenvalue weighted by molar-refractivity contribution is -0.137. The highest BCUT2D eigenvalue weighted by atomic mass is 32.2. The van der Waals surface area contributed by atoms with Crippen molar-refractivity contribution in [2.75, 3.05) is 33.4 Å². The lowest BCUT2D eigenvalue weighted by Crippen LogP contribution is -2.48. The number of carbonyl (C=O) groups excluding carboxylic acids is 1. The molecular formula is C41H40F5N3O3S. The fourth-order valence-electron chi connectivity index (χ4n) is 6.20. The Bertz CT molecular complexity index is 2430. The maximum atomic E-state index is 15.0. The van der Waals surface area contributed by atoms with Gasteiger partial charge in [0.2, 0.25) is 5.91 Å². The molecule has 2 heterocycles. The number of hydrogen-bond acceptors (Lipinski definition) is 5. The van der Waals surface area contributed by atoms with E-state index in [-0.39, 0.29) is 17.7 Å². The minimum absolute atomic E-state index is 0.0859. The topological polar surface area (TPSA) is 54.8 Å². The van der Waals surface area contributed by atoms with Crippen LogP contribution in [0.25, 0.3) is 22.0 Å². The summed E-state index contributed by atoms with van der Waals surface area (Å²) >= 11 is 0.594. The van der Waals surface area contributed by atoms with Crippen molar-refractivity contribution < 1.29 is 39.7 Å². The molecule has 0 unspecified atom stereocenters. The maximum Gasteiger partial charge on any atom is 0.416 e. The highest BCUT2D eigenvalue weighted by Crippen LogP contribution is 2.32. The molecule has 0 N–H and O–H groups in total. The van der Waals surface area contributed by atoms with Crippen molar-refractivity contribution >= 4 is 28.6 Å². The van der Waals surface area contributed by atoms with E-state index < -0.39 is 93.1 Å². The zero-order valence-electron chi connectivity index (χ0n) is 34.9. The second kappa shape index (κ2) is 16.7. The first-order valence-corrected chi connectivity index (χ1v) is 17.9. The molecule has 53 heavy (non-hydrogen) atoms. The minimum atomic E-state index is -4.50. The lowest BCUT2D eigenvalue weighted by Gasteiger charge is -2.39. The van der Waals surface area contributed by atoms with E-state index in [1.165, 1.54) is 36.1 Å². The molecular weight excluding hydrogens is 710 g/mol. The number of methoxy groups -OCH3 is 1. The predicted octanol–water partition coefficient (Wildman–Crippen LogP) is 8.71. The van der Waals surface area contributed by atoms with Crippen LogP contribution in [-0.4, -0.2) is 59.7 Å². The normalized spacial score (nSPS) is 16.1. The van der Waals surface area contributed by atoms with E-state index >= 15 is 4.79 Å². The van der Waals surface area contributed by atoms with Gasteiger partial charge in [0.05, 0.1) is 30.9 Å². The van der Waals surface area contributed by atoms with E-state index in [9.17, 15) is 29.5 Å². The zero-order valence-corrected chi connectivity index (χ0v) is 29.8. The number of ether oxygens (including phenoxy) is 1. The summed E-state index contributed by atoms with van der Waals surface area (Å²) < 4.78 is 129. The van der Waals surface area contributed by atoms with Crippen LogP contribution >= 0.6 is 11.8 Å². The second-order valence-corrected chi connectivity index (χ2v) is 13.7. The largest absolute Gasteiger partial charge is 0.416 e. The summed E-state index contributed by atoms with van der Waals surface area (Å²) in [7, 11) is 1.58. The van der Waals surface area contributed by atoms with Gasteiger partial charge >= 0.3 is 6.18 Å². The van der Waals surface area contributed by atoms with Crippen LogP contribution in [0.1, 0.15) is 43.3 Å². The Balaban J connectivity index is 1.45. The zero-order chi connectivity index (χ0) is 43.0. The fraction of sp³-hybridized carbons (Fsp3) is 0.317. The molecule has 12 heteroatoms. The molecule has 5 aromatic rings. The molecule has 6 rings (SSSR count). The SMILES string of the molecule is [2H]c1c(C)c([2H])c2c(c1[2H])c(=O)c([2H])c(SCc1cccc(F)c1F)n2C([2H])([2H])C(=O)N(Cc1ccc(-c2ccc(C(F)(F)F)cc2)cc1)C1CCN(CCOC)CC1. The number of halogens is 5. The quantitative estimate of drug-likeness (QED) is 0.0943. The molecule has 278 valence electrons. The van der Waals surface area contributed by atoms with Crippen molar-refractivity contribution in [1.29, 1.82) is 0 Å². The fourth-order valence-corrected chi connectivity index (χ4v) is 7.15. The van der Waals surface area contributed by atoms with Gasteiger partial charge in [0.1, 0.15) is 6.50 Å². The number of rotatable bonds is 12. The smallest absolute Gasteiger partial charge is 0.383 e. The van der Waals surface area contributed by atoms with Crippen LogP contribution < -0.4 is 5.43 Å². The van der Waals surface area contributed by atoms with Crippen LogP contribution in [0.2, 0.25) is 0 Å². The first kappa shape index (κ1) is 30.9. The van der Waals surface area contributed by atoms with Gasteiger partial charge in [0, 0.05) is 62.1 Å².